The predicted octanol–water partition coefficient (Wildman–Crippen LogP) is 3.63. The van der Waals surface area contributed by atoms with E-state index in [9.17, 15) is 4.79 Å². The Bertz CT molecular complexity index is 751. The standard InChI is InChI=1S/C15H12BrN3OS/c16-11-8-13(21-10-11)9-17-15(20)14-6-7-19(18-14)12-4-2-1-3-5-12/h1-8,10H,9H2,(H,17,20). The van der Waals surface area contributed by atoms with Gasteiger partial charge in [0.15, 0.2) is 5.69 Å². The molecule has 0 unspecified atom stereocenters. The topological polar surface area (TPSA) is 46.9 Å². The van der Waals surface area contributed by atoms with Crippen LogP contribution in [0.25, 0.3) is 5.69 Å². The number of benzene rings is 1. The molecule has 3 aromatic rings. The van der Waals surface area contributed by atoms with Gasteiger partial charge in [0.2, 0.25) is 0 Å². The molecule has 0 fully saturated rings. The summed E-state index contributed by atoms with van der Waals surface area (Å²) in [5, 5.41) is 9.16. The number of rotatable bonds is 4. The van der Waals surface area contributed by atoms with Crippen LogP contribution in [0.1, 0.15) is 15.4 Å². The Morgan fingerprint density at radius 3 is 2.81 bits per heavy atom. The van der Waals surface area contributed by atoms with Crippen molar-refractivity contribution in [3.63, 3.8) is 0 Å². The van der Waals surface area contributed by atoms with E-state index in [2.05, 4.69) is 26.3 Å². The zero-order valence-corrected chi connectivity index (χ0v) is 13.4. The van der Waals surface area contributed by atoms with Crippen molar-refractivity contribution in [2.45, 2.75) is 6.54 Å². The summed E-state index contributed by atoms with van der Waals surface area (Å²) in [6.45, 7) is 0.507. The summed E-state index contributed by atoms with van der Waals surface area (Å²) >= 11 is 5.00. The van der Waals surface area contributed by atoms with Crippen LogP contribution in [0.3, 0.4) is 0 Å². The zero-order chi connectivity index (χ0) is 14.7. The van der Waals surface area contributed by atoms with Crippen LogP contribution in [-0.2, 0) is 6.54 Å². The van der Waals surface area contributed by atoms with Crippen LogP contribution >= 0.6 is 27.3 Å². The fraction of sp³-hybridized carbons (Fsp3) is 0.0667. The quantitative estimate of drug-likeness (QED) is 0.771. The first-order chi connectivity index (χ1) is 10.2. The number of carbonyl (C=O) groups excluding carboxylic acids is 1. The summed E-state index contributed by atoms with van der Waals surface area (Å²) < 4.78 is 2.72. The van der Waals surface area contributed by atoms with Gasteiger partial charge in [-0.3, -0.25) is 4.79 Å². The normalized spacial score (nSPS) is 10.5. The first-order valence-corrected chi connectivity index (χ1v) is 8.02. The second-order valence-corrected chi connectivity index (χ2v) is 6.31. The molecule has 0 aliphatic rings. The number of hydrogen-bond acceptors (Lipinski definition) is 3. The van der Waals surface area contributed by atoms with Gasteiger partial charge in [0, 0.05) is 20.9 Å². The summed E-state index contributed by atoms with van der Waals surface area (Å²) in [5.41, 5.74) is 1.34. The van der Waals surface area contributed by atoms with Crippen LogP contribution in [0.4, 0.5) is 0 Å². The molecule has 4 nitrogen and oxygen atoms in total. The molecule has 1 aromatic carbocycles. The number of thiophene rings is 1. The van der Waals surface area contributed by atoms with Gasteiger partial charge in [-0.25, -0.2) is 4.68 Å². The van der Waals surface area contributed by atoms with Gasteiger partial charge in [0.05, 0.1) is 12.2 Å². The first kappa shape index (κ1) is 14.0. The smallest absolute Gasteiger partial charge is 0.272 e. The largest absolute Gasteiger partial charge is 0.346 e. The predicted molar refractivity (Wildman–Crippen MR) is 86.8 cm³/mol. The van der Waals surface area contributed by atoms with E-state index in [-0.39, 0.29) is 5.91 Å². The van der Waals surface area contributed by atoms with Crippen molar-refractivity contribution in [3.8, 4) is 5.69 Å². The number of carbonyl (C=O) groups is 1. The van der Waals surface area contributed by atoms with Crippen LogP contribution < -0.4 is 5.32 Å². The van der Waals surface area contributed by atoms with Crippen LogP contribution in [0.2, 0.25) is 0 Å². The molecular weight excluding hydrogens is 350 g/mol. The lowest BCUT2D eigenvalue weighted by Gasteiger charge is -2.01. The lowest BCUT2D eigenvalue weighted by atomic mass is 10.3. The van der Waals surface area contributed by atoms with E-state index in [0.717, 1.165) is 15.0 Å². The average Bonchev–Trinajstić information content (AvgIpc) is 3.15. The van der Waals surface area contributed by atoms with Crippen molar-refractivity contribution in [3.05, 3.63) is 69.1 Å². The maximum atomic E-state index is 12.1. The van der Waals surface area contributed by atoms with Crippen molar-refractivity contribution in [1.29, 1.82) is 0 Å². The molecule has 0 bridgehead atoms. The van der Waals surface area contributed by atoms with Crippen LogP contribution in [-0.4, -0.2) is 15.7 Å². The van der Waals surface area contributed by atoms with E-state index in [0.29, 0.717) is 12.2 Å². The molecule has 0 aliphatic carbocycles. The van der Waals surface area contributed by atoms with E-state index in [4.69, 9.17) is 0 Å². The van der Waals surface area contributed by atoms with Crippen molar-refractivity contribution >= 4 is 33.2 Å². The van der Waals surface area contributed by atoms with Crippen LogP contribution in [0.15, 0.2) is 58.5 Å². The third-order valence-corrected chi connectivity index (χ3v) is 4.59. The molecule has 0 radical (unpaired) electrons. The molecule has 2 aromatic heterocycles. The third-order valence-electron chi connectivity index (χ3n) is 2.89. The van der Waals surface area contributed by atoms with Gasteiger partial charge in [0.25, 0.3) is 5.91 Å². The molecule has 0 saturated carbocycles. The highest BCUT2D eigenvalue weighted by Gasteiger charge is 2.10. The second-order valence-electron chi connectivity index (χ2n) is 4.40. The van der Waals surface area contributed by atoms with Gasteiger partial charge in [-0.05, 0) is 40.2 Å². The highest BCUT2D eigenvalue weighted by Crippen LogP contribution is 2.19. The summed E-state index contributed by atoms with van der Waals surface area (Å²) in [7, 11) is 0. The van der Waals surface area contributed by atoms with Crippen LogP contribution in [0, 0.1) is 0 Å². The van der Waals surface area contributed by atoms with E-state index >= 15 is 0 Å². The number of amides is 1. The molecule has 1 N–H and O–H groups in total. The molecule has 1 amide bonds. The first-order valence-electron chi connectivity index (χ1n) is 6.34. The maximum Gasteiger partial charge on any atom is 0.272 e. The Balaban J connectivity index is 1.67. The molecule has 0 aliphatic heterocycles. The zero-order valence-electron chi connectivity index (χ0n) is 11.0. The van der Waals surface area contributed by atoms with Crippen molar-refractivity contribution in [2.24, 2.45) is 0 Å². The van der Waals surface area contributed by atoms with Crippen molar-refractivity contribution < 1.29 is 4.79 Å². The van der Waals surface area contributed by atoms with Gasteiger partial charge in [-0.1, -0.05) is 18.2 Å². The minimum absolute atomic E-state index is 0.172. The Morgan fingerprint density at radius 2 is 2.10 bits per heavy atom. The Hall–Kier alpha value is -1.92. The highest BCUT2D eigenvalue weighted by molar-refractivity contribution is 9.10. The summed E-state index contributed by atoms with van der Waals surface area (Å²) in [6, 6.07) is 13.4. The van der Waals surface area contributed by atoms with Crippen molar-refractivity contribution in [1.82, 2.24) is 15.1 Å². The Labute approximate surface area is 134 Å². The molecule has 0 saturated heterocycles. The van der Waals surface area contributed by atoms with Crippen LogP contribution in [0.5, 0.6) is 0 Å². The van der Waals surface area contributed by atoms with Gasteiger partial charge in [0.1, 0.15) is 0 Å². The monoisotopic (exact) mass is 361 g/mol. The SMILES string of the molecule is O=C(NCc1cc(Br)cs1)c1ccn(-c2ccccc2)n1. The molecule has 2 heterocycles. The molecule has 106 valence electrons. The average molecular weight is 362 g/mol. The molecule has 0 spiro atoms. The summed E-state index contributed by atoms with van der Waals surface area (Å²) in [5.74, 6) is -0.172. The van der Waals surface area contributed by atoms with E-state index in [1.165, 1.54) is 0 Å². The second kappa shape index (κ2) is 6.24. The third kappa shape index (κ3) is 3.40. The van der Waals surface area contributed by atoms with E-state index in [1.807, 2.05) is 41.8 Å². The molecule has 0 atom stereocenters. The van der Waals surface area contributed by atoms with Gasteiger partial charge < -0.3 is 5.32 Å². The lowest BCUT2D eigenvalue weighted by Crippen LogP contribution is -2.23. The molecule has 21 heavy (non-hydrogen) atoms. The number of nitrogens with one attached hydrogen (secondary N) is 1. The summed E-state index contributed by atoms with van der Waals surface area (Å²) in [6.07, 6.45) is 1.78. The van der Waals surface area contributed by atoms with Gasteiger partial charge >= 0.3 is 0 Å². The van der Waals surface area contributed by atoms with E-state index in [1.54, 1.807) is 28.3 Å². The number of hydrogen-bond donors (Lipinski definition) is 1. The number of aromatic nitrogens is 2. The Kier molecular flexibility index (Phi) is 4.17. The van der Waals surface area contributed by atoms with E-state index < -0.39 is 0 Å². The maximum absolute atomic E-state index is 12.1. The fourth-order valence-electron chi connectivity index (χ4n) is 1.87. The van der Waals surface area contributed by atoms with Gasteiger partial charge in [-0.15, -0.1) is 11.3 Å². The summed E-state index contributed by atoms with van der Waals surface area (Å²) in [4.78, 5) is 13.2. The number of nitrogens with zero attached hydrogens (tertiary/aromatic N) is 2. The Morgan fingerprint density at radius 1 is 1.29 bits per heavy atom. The molecule has 6 heteroatoms. The lowest BCUT2D eigenvalue weighted by molar-refractivity contribution is 0.0946. The van der Waals surface area contributed by atoms with Gasteiger partial charge in [-0.2, -0.15) is 5.10 Å². The van der Waals surface area contributed by atoms with Crippen molar-refractivity contribution in [2.75, 3.05) is 0 Å². The molecule has 3 rings (SSSR count). The fourth-order valence-corrected chi connectivity index (χ4v) is 3.26. The minimum atomic E-state index is -0.172. The minimum Gasteiger partial charge on any atom is -0.346 e. The number of halogens is 1. The highest BCUT2D eigenvalue weighted by atomic mass is 79.9. The molecular formula is C15H12BrN3OS. The number of para-hydroxylation sites is 1.